The van der Waals surface area contributed by atoms with Crippen molar-refractivity contribution in [1.29, 1.82) is 0 Å². The lowest BCUT2D eigenvalue weighted by Gasteiger charge is -2.12. The Hall–Kier alpha value is -3.19. The molecule has 5 rings (SSSR count). The number of fused-ring (bicyclic) bond motifs is 2. The van der Waals surface area contributed by atoms with Gasteiger partial charge < -0.3 is 14.1 Å². The quantitative estimate of drug-likeness (QED) is 0.524. The van der Waals surface area contributed by atoms with Gasteiger partial charge in [-0.1, -0.05) is 23.0 Å². The fourth-order valence-electron chi connectivity index (χ4n) is 3.64. The maximum Gasteiger partial charge on any atom is 0.365 e. The predicted molar refractivity (Wildman–Crippen MR) is 99.6 cm³/mol. The Balaban J connectivity index is 1.50. The molecule has 0 radical (unpaired) electrons. The normalized spacial score (nSPS) is 17.0. The number of carbonyl (C=O) groups excluding carboxylic acids is 1. The van der Waals surface area contributed by atoms with Crippen molar-refractivity contribution in [3.8, 4) is 0 Å². The summed E-state index contributed by atoms with van der Waals surface area (Å²) in [5.41, 5.74) is 3.99. The lowest BCUT2D eigenvalue weighted by atomic mass is 10.1. The molecule has 27 heavy (non-hydrogen) atoms. The first-order valence-corrected chi connectivity index (χ1v) is 8.93. The van der Waals surface area contributed by atoms with E-state index in [0.717, 1.165) is 28.8 Å². The number of aromatic nitrogens is 4. The second-order valence-corrected chi connectivity index (χ2v) is 6.80. The van der Waals surface area contributed by atoms with Gasteiger partial charge in [0.05, 0.1) is 18.2 Å². The fraction of sp³-hybridized carbons (Fsp3) is 0.250. The van der Waals surface area contributed by atoms with Crippen molar-refractivity contribution < 1.29 is 14.4 Å². The number of ether oxygens (including phenoxy) is 1. The SMILES string of the molecule is Cc1cn(C2CCOC2)c2cc(C(=O)On3nnc4ccccc43)ccc12. The lowest BCUT2D eigenvalue weighted by Crippen LogP contribution is -2.21. The van der Waals surface area contributed by atoms with Gasteiger partial charge in [-0.2, -0.15) is 0 Å². The zero-order chi connectivity index (χ0) is 18.4. The molecule has 0 amide bonds. The van der Waals surface area contributed by atoms with Crippen LogP contribution in [0.15, 0.2) is 48.7 Å². The third kappa shape index (κ3) is 2.67. The van der Waals surface area contributed by atoms with E-state index < -0.39 is 5.97 Å². The van der Waals surface area contributed by atoms with E-state index in [1.807, 2.05) is 30.3 Å². The number of carbonyl (C=O) groups is 1. The highest BCUT2D eigenvalue weighted by Gasteiger charge is 2.21. The van der Waals surface area contributed by atoms with Gasteiger partial charge in [-0.25, -0.2) is 4.79 Å². The van der Waals surface area contributed by atoms with E-state index in [0.29, 0.717) is 29.2 Å². The molecule has 0 bridgehead atoms. The van der Waals surface area contributed by atoms with Crippen LogP contribution in [0.4, 0.5) is 0 Å². The minimum atomic E-state index is -0.472. The van der Waals surface area contributed by atoms with Gasteiger partial charge in [0.15, 0.2) is 0 Å². The molecule has 4 aromatic rings. The number of para-hydroxylation sites is 1. The molecule has 7 heteroatoms. The van der Waals surface area contributed by atoms with Crippen LogP contribution < -0.4 is 4.84 Å². The number of aryl methyl sites for hydroxylation is 1. The Labute approximate surface area is 155 Å². The summed E-state index contributed by atoms with van der Waals surface area (Å²) in [5, 5.41) is 9.04. The molecular formula is C20H18N4O3. The Kier molecular flexibility index (Phi) is 3.68. The average Bonchev–Trinajstić information content (AvgIpc) is 3.41. The maximum absolute atomic E-state index is 12.7. The minimum Gasteiger partial charge on any atom is -0.379 e. The molecule has 1 aliphatic heterocycles. The van der Waals surface area contributed by atoms with E-state index >= 15 is 0 Å². The van der Waals surface area contributed by atoms with Crippen molar-refractivity contribution in [2.24, 2.45) is 0 Å². The third-order valence-electron chi connectivity index (χ3n) is 5.06. The van der Waals surface area contributed by atoms with Crippen molar-refractivity contribution in [2.75, 3.05) is 13.2 Å². The van der Waals surface area contributed by atoms with Crippen LogP contribution in [0.2, 0.25) is 0 Å². The van der Waals surface area contributed by atoms with Gasteiger partial charge in [0, 0.05) is 23.7 Å². The van der Waals surface area contributed by atoms with Gasteiger partial charge in [-0.15, -0.1) is 5.10 Å². The molecule has 1 atom stereocenters. The van der Waals surface area contributed by atoms with Gasteiger partial charge >= 0.3 is 5.97 Å². The van der Waals surface area contributed by atoms with E-state index in [1.165, 1.54) is 5.56 Å². The van der Waals surface area contributed by atoms with Gasteiger partial charge in [-0.05, 0) is 48.4 Å². The van der Waals surface area contributed by atoms with Crippen molar-refractivity contribution in [1.82, 2.24) is 19.7 Å². The Morgan fingerprint density at radius 2 is 2.11 bits per heavy atom. The van der Waals surface area contributed by atoms with E-state index in [9.17, 15) is 4.79 Å². The summed E-state index contributed by atoms with van der Waals surface area (Å²) in [6.45, 7) is 3.54. The second kappa shape index (κ2) is 6.21. The first-order chi connectivity index (χ1) is 13.2. The molecule has 1 fully saturated rings. The van der Waals surface area contributed by atoms with Gasteiger partial charge in [0.2, 0.25) is 0 Å². The smallest absolute Gasteiger partial charge is 0.365 e. The van der Waals surface area contributed by atoms with Crippen LogP contribution >= 0.6 is 0 Å². The molecule has 7 nitrogen and oxygen atoms in total. The summed E-state index contributed by atoms with van der Waals surface area (Å²) in [4.78, 5) is 19.3. The van der Waals surface area contributed by atoms with Crippen LogP contribution in [-0.4, -0.2) is 38.9 Å². The van der Waals surface area contributed by atoms with Crippen molar-refractivity contribution in [2.45, 2.75) is 19.4 Å². The van der Waals surface area contributed by atoms with E-state index in [-0.39, 0.29) is 0 Å². The zero-order valence-electron chi connectivity index (χ0n) is 14.8. The summed E-state index contributed by atoms with van der Waals surface area (Å²) >= 11 is 0. The first kappa shape index (κ1) is 16.0. The number of hydrogen-bond acceptors (Lipinski definition) is 5. The molecule has 1 unspecified atom stereocenters. The average molecular weight is 362 g/mol. The molecular weight excluding hydrogens is 344 g/mol. The number of rotatable bonds is 3. The number of benzene rings is 2. The summed E-state index contributed by atoms with van der Waals surface area (Å²) in [5.74, 6) is -0.472. The van der Waals surface area contributed by atoms with Gasteiger partial charge in [0.1, 0.15) is 11.0 Å². The molecule has 1 aliphatic rings. The Morgan fingerprint density at radius 3 is 2.96 bits per heavy atom. The molecule has 0 spiro atoms. The highest BCUT2D eigenvalue weighted by atomic mass is 16.7. The van der Waals surface area contributed by atoms with Crippen molar-refractivity contribution >= 4 is 27.9 Å². The second-order valence-electron chi connectivity index (χ2n) is 6.80. The fourth-order valence-corrected chi connectivity index (χ4v) is 3.64. The van der Waals surface area contributed by atoms with Gasteiger partial charge in [-0.3, -0.25) is 0 Å². The van der Waals surface area contributed by atoms with Gasteiger partial charge in [0.25, 0.3) is 0 Å². The highest BCUT2D eigenvalue weighted by Crippen LogP contribution is 2.29. The predicted octanol–water partition coefficient (Wildman–Crippen LogP) is 2.92. The largest absolute Gasteiger partial charge is 0.379 e. The zero-order valence-corrected chi connectivity index (χ0v) is 14.8. The first-order valence-electron chi connectivity index (χ1n) is 8.93. The van der Waals surface area contributed by atoms with E-state index in [2.05, 4.69) is 28.0 Å². The molecule has 1 saturated heterocycles. The summed E-state index contributed by atoms with van der Waals surface area (Å²) in [6, 6.07) is 13.3. The molecule has 3 heterocycles. The van der Waals surface area contributed by atoms with Crippen LogP contribution in [0.25, 0.3) is 21.9 Å². The van der Waals surface area contributed by atoms with E-state index in [1.54, 1.807) is 12.1 Å². The topological polar surface area (TPSA) is 71.2 Å². The van der Waals surface area contributed by atoms with Crippen LogP contribution in [0.1, 0.15) is 28.4 Å². The van der Waals surface area contributed by atoms with Crippen LogP contribution in [-0.2, 0) is 4.74 Å². The van der Waals surface area contributed by atoms with E-state index in [4.69, 9.17) is 9.57 Å². The third-order valence-corrected chi connectivity index (χ3v) is 5.06. The van der Waals surface area contributed by atoms with Crippen molar-refractivity contribution in [3.63, 3.8) is 0 Å². The Morgan fingerprint density at radius 1 is 1.22 bits per heavy atom. The number of hydrogen-bond donors (Lipinski definition) is 0. The molecule has 0 aliphatic carbocycles. The van der Waals surface area contributed by atoms with Crippen LogP contribution in [0.3, 0.4) is 0 Å². The molecule has 136 valence electrons. The monoisotopic (exact) mass is 362 g/mol. The number of nitrogens with zero attached hydrogens (tertiary/aromatic N) is 4. The lowest BCUT2D eigenvalue weighted by molar-refractivity contribution is 0.0409. The maximum atomic E-state index is 12.7. The summed E-state index contributed by atoms with van der Waals surface area (Å²) in [7, 11) is 0. The standard InChI is InChI=1S/C20H18N4O3/c1-13-11-23(15-8-9-26-12-15)19-10-14(6-7-16(13)19)20(25)27-24-18-5-3-2-4-17(18)21-22-24/h2-7,10-11,15H,8-9,12H2,1H3. The molecule has 2 aromatic carbocycles. The Bertz CT molecular complexity index is 1150. The summed E-state index contributed by atoms with van der Waals surface area (Å²) in [6.07, 6.45) is 3.10. The molecule has 0 N–H and O–H groups in total. The molecule has 2 aromatic heterocycles. The summed E-state index contributed by atoms with van der Waals surface area (Å²) < 4.78 is 7.74. The highest BCUT2D eigenvalue weighted by molar-refractivity contribution is 5.96. The molecule has 0 saturated carbocycles. The van der Waals surface area contributed by atoms with Crippen LogP contribution in [0, 0.1) is 6.92 Å². The van der Waals surface area contributed by atoms with Crippen molar-refractivity contribution in [3.05, 3.63) is 59.8 Å². The van der Waals surface area contributed by atoms with Crippen LogP contribution in [0.5, 0.6) is 0 Å². The minimum absolute atomic E-state index is 0.298.